The van der Waals surface area contributed by atoms with Crippen LogP contribution in [0.5, 0.6) is 0 Å². The molecule has 128 valence electrons. The normalized spacial score (nSPS) is 10.7. The monoisotopic (exact) mass is 332 g/mol. The van der Waals surface area contributed by atoms with Crippen LogP contribution in [0.3, 0.4) is 0 Å². The maximum atomic E-state index is 4.67. The molecule has 4 nitrogen and oxygen atoms in total. The fourth-order valence-corrected chi connectivity index (χ4v) is 2.80. The Labute approximate surface area is 149 Å². The summed E-state index contributed by atoms with van der Waals surface area (Å²) in [5.41, 5.74) is 3.57. The van der Waals surface area contributed by atoms with Crippen LogP contribution in [-0.2, 0) is 6.54 Å². The van der Waals surface area contributed by atoms with Gasteiger partial charge in [-0.1, -0.05) is 62.4 Å². The van der Waals surface area contributed by atoms with Gasteiger partial charge in [-0.15, -0.1) is 0 Å². The molecule has 0 saturated carbocycles. The Kier molecular flexibility index (Phi) is 5.29. The smallest absolute Gasteiger partial charge is 0.229 e. The molecule has 1 heterocycles. The summed E-state index contributed by atoms with van der Waals surface area (Å²) in [7, 11) is 2.04. The Morgan fingerprint density at radius 3 is 2.44 bits per heavy atom. The Morgan fingerprint density at radius 1 is 0.960 bits per heavy atom. The molecule has 1 aromatic heterocycles. The quantitative estimate of drug-likeness (QED) is 0.691. The van der Waals surface area contributed by atoms with Crippen molar-refractivity contribution in [1.29, 1.82) is 0 Å². The number of nitrogens with one attached hydrogen (secondary N) is 1. The number of anilines is 3. The van der Waals surface area contributed by atoms with Gasteiger partial charge in [0.1, 0.15) is 5.82 Å². The second kappa shape index (κ2) is 7.79. The minimum Gasteiger partial charge on any atom is -0.355 e. The fraction of sp³-hybridized carbons (Fsp3) is 0.238. The van der Waals surface area contributed by atoms with Gasteiger partial charge >= 0.3 is 0 Å². The molecule has 3 aromatic rings. The average Bonchev–Trinajstić information content (AvgIpc) is 2.63. The molecule has 0 radical (unpaired) electrons. The third-order valence-electron chi connectivity index (χ3n) is 4.12. The van der Waals surface area contributed by atoms with Crippen LogP contribution in [0.2, 0.25) is 0 Å². The van der Waals surface area contributed by atoms with E-state index in [1.165, 1.54) is 11.1 Å². The zero-order valence-electron chi connectivity index (χ0n) is 15.0. The molecular formula is C21H24N4. The Hall–Kier alpha value is -2.88. The van der Waals surface area contributed by atoms with Crippen LogP contribution in [0.15, 0.2) is 66.9 Å². The predicted octanol–water partition coefficient (Wildman–Crippen LogP) is 4.98. The first-order valence-electron chi connectivity index (χ1n) is 8.57. The van der Waals surface area contributed by atoms with E-state index in [1.807, 2.05) is 25.2 Å². The van der Waals surface area contributed by atoms with E-state index in [4.69, 9.17) is 0 Å². The number of benzene rings is 2. The van der Waals surface area contributed by atoms with E-state index in [1.54, 1.807) is 6.20 Å². The summed E-state index contributed by atoms with van der Waals surface area (Å²) >= 11 is 0. The lowest BCUT2D eigenvalue weighted by atomic mass is 10.0. The van der Waals surface area contributed by atoms with E-state index in [0.29, 0.717) is 11.9 Å². The molecule has 0 atom stereocenters. The second-order valence-corrected chi connectivity index (χ2v) is 6.45. The maximum Gasteiger partial charge on any atom is 0.229 e. The van der Waals surface area contributed by atoms with Gasteiger partial charge in [-0.3, -0.25) is 0 Å². The molecule has 0 bridgehead atoms. The van der Waals surface area contributed by atoms with Crippen LogP contribution in [0, 0.1) is 0 Å². The van der Waals surface area contributed by atoms with E-state index < -0.39 is 0 Å². The van der Waals surface area contributed by atoms with E-state index in [2.05, 4.69) is 76.5 Å². The standard InChI is InChI=1S/C21H24N4/c1-16(2)18-11-7-8-12-19(18)23-21-22-14-13-20(24-21)25(3)15-17-9-5-4-6-10-17/h4-14,16H,15H2,1-3H3,(H,22,23,24). The second-order valence-electron chi connectivity index (χ2n) is 6.45. The van der Waals surface area contributed by atoms with E-state index in [0.717, 1.165) is 18.1 Å². The first-order valence-corrected chi connectivity index (χ1v) is 8.57. The molecule has 0 saturated heterocycles. The van der Waals surface area contributed by atoms with Crippen molar-refractivity contribution in [2.45, 2.75) is 26.3 Å². The summed E-state index contributed by atoms with van der Waals surface area (Å²) in [5, 5.41) is 3.36. The van der Waals surface area contributed by atoms with Crippen molar-refractivity contribution in [2.24, 2.45) is 0 Å². The number of para-hydroxylation sites is 1. The van der Waals surface area contributed by atoms with Crippen molar-refractivity contribution >= 4 is 17.5 Å². The highest BCUT2D eigenvalue weighted by atomic mass is 15.2. The van der Waals surface area contributed by atoms with Crippen LogP contribution in [-0.4, -0.2) is 17.0 Å². The van der Waals surface area contributed by atoms with Gasteiger partial charge in [0.05, 0.1) is 0 Å². The van der Waals surface area contributed by atoms with Crippen molar-refractivity contribution in [3.05, 3.63) is 78.0 Å². The number of hydrogen-bond acceptors (Lipinski definition) is 4. The van der Waals surface area contributed by atoms with Gasteiger partial charge in [0.15, 0.2) is 0 Å². The van der Waals surface area contributed by atoms with Crippen LogP contribution >= 0.6 is 0 Å². The van der Waals surface area contributed by atoms with Crippen molar-refractivity contribution in [1.82, 2.24) is 9.97 Å². The number of aromatic nitrogens is 2. The van der Waals surface area contributed by atoms with Gasteiger partial charge in [0, 0.05) is 25.5 Å². The van der Waals surface area contributed by atoms with E-state index in [9.17, 15) is 0 Å². The molecule has 0 aliphatic carbocycles. The van der Waals surface area contributed by atoms with Gasteiger partial charge < -0.3 is 10.2 Å². The number of nitrogens with zero attached hydrogens (tertiary/aromatic N) is 3. The van der Waals surface area contributed by atoms with Crippen LogP contribution < -0.4 is 10.2 Å². The number of rotatable bonds is 6. The van der Waals surface area contributed by atoms with Crippen molar-refractivity contribution in [2.75, 3.05) is 17.3 Å². The molecule has 3 rings (SSSR count). The zero-order valence-corrected chi connectivity index (χ0v) is 15.0. The van der Waals surface area contributed by atoms with Crippen molar-refractivity contribution < 1.29 is 0 Å². The molecule has 0 fully saturated rings. The topological polar surface area (TPSA) is 41.1 Å². The highest BCUT2D eigenvalue weighted by molar-refractivity contribution is 5.60. The van der Waals surface area contributed by atoms with Crippen LogP contribution in [0.4, 0.5) is 17.5 Å². The summed E-state index contributed by atoms with van der Waals surface area (Å²) in [6.07, 6.45) is 1.80. The summed E-state index contributed by atoms with van der Waals surface area (Å²) < 4.78 is 0. The van der Waals surface area contributed by atoms with Gasteiger partial charge in [-0.05, 0) is 29.2 Å². The minimum absolute atomic E-state index is 0.438. The van der Waals surface area contributed by atoms with Crippen LogP contribution in [0.1, 0.15) is 30.9 Å². The third kappa shape index (κ3) is 4.35. The highest BCUT2D eigenvalue weighted by Gasteiger charge is 2.09. The van der Waals surface area contributed by atoms with E-state index in [-0.39, 0.29) is 0 Å². The number of hydrogen-bond donors (Lipinski definition) is 1. The Balaban J connectivity index is 1.78. The molecule has 0 unspecified atom stereocenters. The Morgan fingerprint density at radius 2 is 1.68 bits per heavy atom. The molecule has 1 N–H and O–H groups in total. The summed E-state index contributed by atoms with van der Waals surface area (Å²) in [6.45, 7) is 5.18. The maximum absolute atomic E-state index is 4.67. The lowest BCUT2D eigenvalue weighted by Gasteiger charge is -2.19. The predicted molar refractivity (Wildman–Crippen MR) is 104 cm³/mol. The van der Waals surface area contributed by atoms with Crippen molar-refractivity contribution in [3.63, 3.8) is 0 Å². The molecule has 4 heteroatoms. The molecule has 0 spiro atoms. The lowest BCUT2D eigenvalue weighted by Crippen LogP contribution is -2.18. The van der Waals surface area contributed by atoms with Gasteiger partial charge in [0.25, 0.3) is 0 Å². The molecule has 0 aliphatic heterocycles. The summed E-state index contributed by atoms with van der Waals surface area (Å²) in [6, 6.07) is 20.6. The zero-order chi connectivity index (χ0) is 17.6. The molecule has 2 aromatic carbocycles. The molecule has 0 amide bonds. The molecular weight excluding hydrogens is 308 g/mol. The van der Waals surface area contributed by atoms with Gasteiger partial charge in [0.2, 0.25) is 5.95 Å². The summed E-state index contributed by atoms with van der Waals surface area (Å²) in [4.78, 5) is 11.2. The lowest BCUT2D eigenvalue weighted by molar-refractivity contribution is 0.867. The third-order valence-corrected chi connectivity index (χ3v) is 4.12. The first kappa shape index (κ1) is 17.0. The molecule has 25 heavy (non-hydrogen) atoms. The average molecular weight is 332 g/mol. The summed E-state index contributed by atoms with van der Waals surface area (Å²) in [5.74, 6) is 1.95. The molecule has 0 aliphatic rings. The fourth-order valence-electron chi connectivity index (χ4n) is 2.80. The Bertz CT molecular complexity index is 815. The minimum atomic E-state index is 0.438. The SMILES string of the molecule is CC(C)c1ccccc1Nc1nccc(N(C)Cc2ccccc2)n1. The highest BCUT2D eigenvalue weighted by Crippen LogP contribution is 2.26. The largest absolute Gasteiger partial charge is 0.355 e. The van der Waals surface area contributed by atoms with E-state index >= 15 is 0 Å². The van der Waals surface area contributed by atoms with Gasteiger partial charge in [-0.25, -0.2) is 4.98 Å². The first-order chi connectivity index (χ1) is 12.1. The van der Waals surface area contributed by atoms with Crippen LogP contribution in [0.25, 0.3) is 0 Å². The van der Waals surface area contributed by atoms with Crippen molar-refractivity contribution in [3.8, 4) is 0 Å². The van der Waals surface area contributed by atoms with Gasteiger partial charge in [-0.2, -0.15) is 4.98 Å².